The zero-order valence-electron chi connectivity index (χ0n) is 8.72. The van der Waals surface area contributed by atoms with E-state index < -0.39 is 11.3 Å². The summed E-state index contributed by atoms with van der Waals surface area (Å²) in [4.78, 5) is 19.2. The Hall–Kier alpha value is -1.89. The van der Waals surface area contributed by atoms with Crippen LogP contribution in [-0.2, 0) is 0 Å². The molecule has 2 aromatic rings. The van der Waals surface area contributed by atoms with Gasteiger partial charge in [-0.3, -0.25) is 9.78 Å². The fourth-order valence-electron chi connectivity index (χ4n) is 1.33. The first kappa shape index (κ1) is 11.6. The molecular weight excluding hydrogens is 248 g/mol. The molecule has 0 saturated carbocycles. The molecule has 0 radical (unpaired) electrons. The Morgan fingerprint density at radius 2 is 2.18 bits per heavy atom. The summed E-state index contributed by atoms with van der Waals surface area (Å²) in [5, 5.41) is -0.907. The van der Waals surface area contributed by atoms with Crippen molar-refractivity contribution in [2.75, 3.05) is 0 Å². The van der Waals surface area contributed by atoms with Gasteiger partial charge in [-0.1, -0.05) is 15.0 Å². The molecule has 0 aliphatic carbocycles. The molecule has 4 nitrogen and oxygen atoms in total. The van der Waals surface area contributed by atoms with Crippen molar-refractivity contribution in [3.8, 4) is 11.4 Å². The highest BCUT2D eigenvalue weighted by molar-refractivity contribution is 7.14. The van der Waals surface area contributed by atoms with Gasteiger partial charge in [0.15, 0.2) is 0 Å². The van der Waals surface area contributed by atoms with Crippen molar-refractivity contribution < 1.29 is 13.8 Å². The SMILES string of the molecule is Cc1nc(-c2ccccn2)c(C(=O)N(F)F)s1. The van der Waals surface area contributed by atoms with Crippen LogP contribution in [-0.4, -0.2) is 21.2 Å². The number of halogens is 2. The van der Waals surface area contributed by atoms with Gasteiger partial charge in [-0.25, -0.2) is 4.98 Å². The van der Waals surface area contributed by atoms with E-state index >= 15 is 0 Å². The van der Waals surface area contributed by atoms with Crippen LogP contribution in [0.3, 0.4) is 0 Å². The van der Waals surface area contributed by atoms with Gasteiger partial charge < -0.3 is 0 Å². The highest BCUT2D eigenvalue weighted by atomic mass is 32.1. The highest BCUT2D eigenvalue weighted by Gasteiger charge is 2.24. The van der Waals surface area contributed by atoms with Gasteiger partial charge in [0.05, 0.1) is 10.7 Å². The number of hydrogen-bond donors (Lipinski definition) is 0. The average molecular weight is 255 g/mol. The van der Waals surface area contributed by atoms with Crippen molar-refractivity contribution in [1.82, 2.24) is 15.3 Å². The lowest BCUT2D eigenvalue weighted by atomic mass is 10.2. The number of thiazole rings is 1. The molecule has 0 unspecified atom stereocenters. The van der Waals surface area contributed by atoms with Crippen molar-refractivity contribution in [2.45, 2.75) is 6.92 Å². The predicted octanol–water partition coefficient (Wildman–Crippen LogP) is 2.72. The molecule has 0 atom stereocenters. The van der Waals surface area contributed by atoms with Gasteiger partial charge in [-0.2, -0.15) is 0 Å². The maximum atomic E-state index is 12.3. The molecule has 0 saturated heterocycles. The third kappa shape index (κ3) is 2.28. The number of aryl methyl sites for hydroxylation is 1. The topological polar surface area (TPSA) is 46.1 Å². The minimum Gasteiger partial charge on any atom is -0.262 e. The summed E-state index contributed by atoms with van der Waals surface area (Å²) in [5.41, 5.74) is 0.598. The van der Waals surface area contributed by atoms with Crippen LogP contribution in [0.5, 0.6) is 0 Å². The first-order valence-corrected chi connectivity index (χ1v) is 5.46. The van der Waals surface area contributed by atoms with E-state index in [2.05, 4.69) is 9.97 Å². The van der Waals surface area contributed by atoms with Crippen molar-refractivity contribution in [3.05, 3.63) is 34.3 Å². The molecule has 2 heterocycles. The summed E-state index contributed by atoms with van der Waals surface area (Å²) in [5.74, 6) is -1.36. The van der Waals surface area contributed by atoms with Crippen LogP contribution in [0.4, 0.5) is 8.96 Å². The Morgan fingerprint density at radius 1 is 1.41 bits per heavy atom. The molecule has 0 aliphatic heterocycles. The lowest BCUT2D eigenvalue weighted by Crippen LogP contribution is -2.13. The number of rotatable bonds is 2. The van der Waals surface area contributed by atoms with Crippen LogP contribution in [0.25, 0.3) is 11.4 Å². The standard InChI is InChI=1S/C10H7F2N3OS/c1-6-14-8(7-4-2-3-5-13-7)9(17-6)10(16)15(11)12/h2-5H,1H3. The fourth-order valence-corrected chi connectivity index (χ4v) is 2.16. The second-order valence-corrected chi connectivity index (χ2v) is 4.37. The number of pyridine rings is 1. The largest absolute Gasteiger partial charge is 0.326 e. The second kappa shape index (κ2) is 4.54. The molecule has 1 amide bonds. The molecule has 2 rings (SSSR count). The summed E-state index contributed by atoms with van der Waals surface area (Å²) in [6, 6.07) is 5.01. The maximum absolute atomic E-state index is 12.3. The van der Waals surface area contributed by atoms with Gasteiger partial charge >= 0.3 is 5.91 Å². The van der Waals surface area contributed by atoms with Crippen LogP contribution in [0.1, 0.15) is 14.7 Å². The molecule has 0 fully saturated rings. The smallest absolute Gasteiger partial charge is 0.262 e. The van der Waals surface area contributed by atoms with Crippen molar-refractivity contribution in [1.29, 1.82) is 0 Å². The van der Waals surface area contributed by atoms with Gasteiger partial charge in [-0.05, 0) is 19.1 Å². The zero-order valence-corrected chi connectivity index (χ0v) is 9.54. The van der Waals surface area contributed by atoms with Crippen LogP contribution < -0.4 is 0 Å². The quantitative estimate of drug-likeness (QED) is 0.775. The molecule has 7 heteroatoms. The number of amides is 1. The molecule has 2 aromatic heterocycles. The third-order valence-electron chi connectivity index (χ3n) is 1.99. The Balaban J connectivity index is 2.52. The maximum Gasteiger partial charge on any atom is 0.326 e. The number of hydrogen-bond acceptors (Lipinski definition) is 4. The van der Waals surface area contributed by atoms with Gasteiger partial charge in [0.2, 0.25) is 0 Å². The lowest BCUT2D eigenvalue weighted by molar-refractivity contribution is -0.108. The van der Waals surface area contributed by atoms with E-state index in [1.165, 1.54) is 6.20 Å². The number of nitrogens with zero attached hydrogens (tertiary/aromatic N) is 3. The molecule has 0 aliphatic rings. The van der Waals surface area contributed by atoms with Crippen molar-refractivity contribution in [3.63, 3.8) is 0 Å². The Labute approximate surface area is 99.4 Å². The van der Waals surface area contributed by atoms with E-state index in [1.54, 1.807) is 25.1 Å². The Morgan fingerprint density at radius 3 is 2.76 bits per heavy atom. The minimum atomic E-state index is -1.45. The van der Waals surface area contributed by atoms with Crippen LogP contribution in [0.2, 0.25) is 0 Å². The summed E-state index contributed by atoms with van der Waals surface area (Å²) < 4.78 is 24.5. The Kier molecular flexibility index (Phi) is 3.10. The van der Waals surface area contributed by atoms with E-state index in [-0.39, 0.29) is 10.6 Å². The van der Waals surface area contributed by atoms with Gasteiger partial charge in [0.25, 0.3) is 0 Å². The molecule has 17 heavy (non-hydrogen) atoms. The molecule has 0 bridgehead atoms. The van der Waals surface area contributed by atoms with E-state index in [0.717, 1.165) is 11.3 Å². The monoisotopic (exact) mass is 255 g/mol. The van der Waals surface area contributed by atoms with Gasteiger partial charge in [-0.15, -0.1) is 11.3 Å². The summed E-state index contributed by atoms with van der Waals surface area (Å²) in [6.45, 7) is 1.65. The molecule has 0 N–H and O–H groups in total. The summed E-state index contributed by atoms with van der Waals surface area (Å²) >= 11 is 0.923. The first-order chi connectivity index (χ1) is 8.09. The molecule has 88 valence electrons. The van der Waals surface area contributed by atoms with Crippen molar-refractivity contribution >= 4 is 17.2 Å². The summed E-state index contributed by atoms with van der Waals surface area (Å²) in [7, 11) is 0. The number of carbonyl (C=O) groups excluding carboxylic acids is 1. The van der Waals surface area contributed by atoms with E-state index in [9.17, 15) is 13.8 Å². The highest BCUT2D eigenvalue weighted by Crippen LogP contribution is 2.27. The van der Waals surface area contributed by atoms with Crippen LogP contribution in [0.15, 0.2) is 24.4 Å². The van der Waals surface area contributed by atoms with Gasteiger partial charge in [0, 0.05) is 11.5 Å². The molecule has 0 spiro atoms. The first-order valence-electron chi connectivity index (χ1n) is 4.64. The van der Waals surface area contributed by atoms with E-state index in [1.807, 2.05) is 0 Å². The molecular formula is C10H7F2N3OS. The molecule has 0 aromatic carbocycles. The Bertz CT molecular complexity index is 542. The van der Waals surface area contributed by atoms with Gasteiger partial charge in [0.1, 0.15) is 10.6 Å². The number of aromatic nitrogens is 2. The lowest BCUT2D eigenvalue weighted by Gasteiger charge is -2.00. The predicted molar refractivity (Wildman–Crippen MR) is 58.5 cm³/mol. The second-order valence-electron chi connectivity index (χ2n) is 3.16. The number of carbonyl (C=O) groups is 1. The van der Waals surface area contributed by atoms with E-state index in [0.29, 0.717) is 10.7 Å². The third-order valence-corrected chi connectivity index (χ3v) is 2.95. The normalized spacial score (nSPS) is 10.3. The van der Waals surface area contributed by atoms with Crippen molar-refractivity contribution in [2.24, 2.45) is 0 Å². The zero-order chi connectivity index (χ0) is 12.4. The summed E-state index contributed by atoms with van der Waals surface area (Å²) in [6.07, 6.45) is 1.51. The fraction of sp³-hybridized carbons (Fsp3) is 0.100. The minimum absolute atomic E-state index is 0.105. The van der Waals surface area contributed by atoms with Crippen LogP contribution >= 0.6 is 11.3 Å². The van der Waals surface area contributed by atoms with E-state index in [4.69, 9.17) is 0 Å². The average Bonchev–Trinajstić information content (AvgIpc) is 2.71. The van der Waals surface area contributed by atoms with Crippen LogP contribution in [0, 0.1) is 6.92 Å².